The van der Waals surface area contributed by atoms with Gasteiger partial charge in [-0.25, -0.2) is 4.98 Å². The van der Waals surface area contributed by atoms with E-state index in [1.54, 1.807) is 6.20 Å². The van der Waals surface area contributed by atoms with Crippen LogP contribution in [0.1, 0.15) is 20.8 Å². The monoisotopic (exact) mass is 241 g/mol. The van der Waals surface area contributed by atoms with Gasteiger partial charge < -0.3 is 10.2 Å². The Kier molecular flexibility index (Phi) is 5.56. The molecule has 0 radical (unpaired) electrons. The average Bonchev–Trinajstić information content (AvgIpc) is 2.26. The van der Waals surface area contributed by atoms with Crippen molar-refractivity contribution in [2.24, 2.45) is 0 Å². The zero-order valence-electron chi connectivity index (χ0n) is 10.2. The van der Waals surface area contributed by atoms with Gasteiger partial charge in [-0.2, -0.15) is 0 Å². The second kappa shape index (κ2) is 6.71. The van der Waals surface area contributed by atoms with Crippen molar-refractivity contribution < 1.29 is 0 Å². The first-order chi connectivity index (χ1) is 7.63. The van der Waals surface area contributed by atoms with Gasteiger partial charge in [0.25, 0.3) is 0 Å². The summed E-state index contributed by atoms with van der Waals surface area (Å²) >= 11 is 5.81. The highest BCUT2D eigenvalue weighted by Gasteiger charge is 2.05. The molecule has 0 bridgehead atoms. The molecule has 3 nitrogen and oxygen atoms in total. The third-order valence-corrected chi connectivity index (χ3v) is 2.58. The highest BCUT2D eigenvalue weighted by molar-refractivity contribution is 6.30. The molecule has 0 aliphatic rings. The van der Waals surface area contributed by atoms with E-state index in [1.165, 1.54) is 0 Å². The van der Waals surface area contributed by atoms with Crippen LogP contribution in [0.2, 0.25) is 5.02 Å². The van der Waals surface area contributed by atoms with Crippen LogP contribution in [0.25, 0.3) is 0 Å². The number of pyridine rings is 1. The molecule has 1 aromatic rings. The summed E-state index contributed by atoms with van der Waals surface area (Å²) in [5.74, 6) is 0.984. The second-order valence-corrected chi connectivity index (χ2v) is 4.46. The van der Waals surface area contributed by atoms with E-state index in [-0.39, 0.29) is 0 Å². The largest absolute Gasteiger partial charge is 0.356 e. The number of rotatable bonds is 6. The number of aromatic nitrogens is 1. The van der Waals surface area contributed by atoms with Crippen LogP contribution < -0.4 is 10.2 Å². The van der Waals surface area contributed by atoms with Crippen molar-refractivity contribution in [1.29, 1.82) is 0 Å². The van der Waals surface area contributed by atoms with Crippen LogP contribution >= 0.6 is 11.6 Å². The van der Waals surface area contributed by atoms with E-state index in [2.05, 4.69) is 36.0 Å². The van der Waals surface area contributed by atoms with Crippen LogP contribution in [0, 0.1) is 0 Å². The first-order valence-electron chi connectivity index (χ1n) is 5.73. The van der Waals surface area contributed by atoms with Gasteiger partial charge in [-0.05, 0) is 19.1 Å². The maximum atomic E-state index is 5.81. The Balaban J connectivity index is 2.50. The van der Waals surface area contributed by atoms with Crippen molar-refractivity contribution >= 4 is 17.4 Å². The molecule has 90 valence electrons. The van der Waals surface area contributed by atoms with Gasteiger partial charge in [0.2, 0.25) is 0 Å². The quantitative estimate of drug-likeness (QED) is 0.830. The van der Waals surface area contributed by atoms with Crippen LogP contribution in [0.15, 0.2) is 18.3 Å². The van der Waals surface area contributed by atoms with Crippen LogP contribution in [-0.2, 0) is 0 Å². The molecule has 0 aromatic carbocycles. The Morgan fingerprint density at radius 3 is 2.69 bits per heavy atom. The molecule has 0 fully saturated rings. The third-order valence-electron chi connectivity index (χ3n) is 2.35. The predicted molar refractivity (Wildman–Crippen MR) is 70.3 cm³/mol. The lowest BCUT2D eigenvalue weighted by molar-refractivity contribution is 0.582. The fourth-order valence-corrected chi connectivity index (χ4v) is 1.59. The maximum Gasteiger partial charge on any atom is 0.128 e. The van der Waals surface area contributed by atoms with E-state index >= 15 is 0 Å². The number of anilines is 1. The fraction of sp³-hybridized carbons (Fsp3) is 0.583. The molecule has 16 heavy (non-hydrogen) atoms. The molecule has 0 amide bonds. The van der Waals surface area contributed by atoms with Crippen molar-refractivity contribution in [1.82, 2.24) is 10.3 Å². The van der Waals surface area contributed by atoms with Gasteiger partial charge in [0.05, 0.1) is 5.02 Å². The lowest BCUT2D eigenvalue weighted by Crippen LogP contribution is -2.35. The summed E-state index contributed by atoms with van der Waals surface area (Å²) < 4.78 is 0. The van der Waals surface area contributed by atoms with Crippen molar-refractivity contribution in [3.8, 4) is 0 Å². The van der Waals surface area contributed by atoms with Gasteiger partial charge in [0, 0.05) is 31.9 Å². The number of nitrogens with one attached hydrogen (secondary N) is 1. The third kappa shape index (κ3) is 4.37. The Morgan fingerprint density at radius 1 is 1.44 bits per heavy atom. The molecule has 0 aliphatic carbocycles. The Bertz CT molecular complexity index is 298. The summed E-state index contributed by atoms with van der Waals surface area (Å²) in [6, 6.07) is 4.36. The molecule has 1 aromatic heterocycles. The molecule has 1 heterocycles. The first kappa shape index (κ1) is 13.3. The minimum absolute atomic E-state index is 0.525. The van der Waals surface area contributed by atoms with Crippen molar-refractivity contribution in [3.05, 3.63) is 23.4 Å². The Labute approximate surface area is 103 Å². The zero-order chi connectivity index (χ0) is 12.0. The summed E-state index contributed by atoms with van der Waals surface area (Å²) in [4.78, 5) is 6.54. The number of halogens is 1. The summed E-state index contributed by atoms with van der Waals surface area (Å²) in [5.41, 5.74) is 0. The molecular formula is C12H20ClN3. The minimum Gasteiger partial charge on any atom is -0.356 e. The molecule has 0 spiro atoms. The molecule has 0 saturated heterocycles. The molecule has 0 aliphatic heterocycles. The van der Waals surface area contributed by atoms with Gasteiger partial charge >= 0.3 is 0 Å². The maximum absolute atomic E-state index is 5.81. The number of hydrogen-bond donors (Lipinski definition) is 1. The molecule has 0 unspecified atom stereocenters. The summed E-state index contributed by atoms with van der Waals surface area (Å²) in [7, 11) is 0. The highest BCUT2D eigenvalue weighted by Crippen LogP contribution is 2.13. The van der Waals surface area contributed by atoms with Gasteiger partial charge in [-0.3, -0.25) is 0 Å². The number of likely N-dealkylation sites (N-methyl/N-ethyl adjacent to an activating group) is 1. The van der Waals surface area contributed by atoms with Crippen LogP contribution in [0.5, 0.6) is 0 Å². The predicted octanol–water partition coefficient (Wildman–Crippen LogP) is 2.56. The lowest BCUT2D eigenvalue weighted by Gasteiger charge is -2.22. The van der Waals surface area contributed by atoms with Crippen LogP contribution in [0.3, 0.4) is 0 Å². The lowest BCUT2D eigenvalue weighted by atomic mass is 10.3. The SMILES string of the molecule is CCN(CCNC(C)C)c1ccc(Cl)cn1. The Morgan fingerprint density at radius 2 is 2.19 bits per heavy atom. The summed E-state index contributed by atoms with van der Waals surface area (Å²) in [5, 5.41) is 4.08. The summed E-state index contributed by atoms with van der Waals surface area (Å²) in [6.07, 6.45) is 1.69. The smallest absolute Gasteiger partial charge is 0.128 e. The highest BCUT2D eigenvalue weighted by atomic mass is 35.5. The number of nitrogens with zero attached hydrogens (tertiary/aromatic N) is 2. The molecule has 1 N–H and O–H groups in total. The van der Waals surface area contributed by atoms with Crippen molar-refractivity contribution in [2.75, 3.05) is 24.5 Å². The molecular weight excluding hydrogens is 222 g/mol. The van der Waals surface area contributed by atoms with Crippen LogP contribution in [-0.4, -0.2) is 30.7 Å². The summed E-state index contributed by atoms with van der Waals surface area (Å²) in [6.45, 7) is 9.31. The van der Waals surface area contributed by atoms with Gasteiger partial charge in [0.1, 0.15) is 5.82 Å². The number of hydrogen-bond acceptors (Lipinski definition) is 3. The average molecular weight is 242 g/mol. The molecule has 0 atom stereocenters. The second-order valence-electron chi connectivity index (χ2n) is 4.02. The standard InChI is InChI=1S/C12H20ClN3/c1-4-16(8-7-14-10(2)3)12-6-5-11(13)9-15-12/h5-6,9-10,14H,4,7-8H2,1-3H3. The topological polar surface area (TPSA) is 28.2 Å². The zero-order valence-corrected chi connectivity index (χ0v) is 11.0. The van der Waals surface area contributed by atoms with Crippen LogP contribution in [0.4, 0.5) is 5.82 Å². The van der Waals surface area contributed by atoms with E-state index < -0.39 is 0 Å². The fourth-order valence-electron chi connectivity index (χ4n) is 1.48. The normalized spacial score (nSPS) is 10.8. The van der Waals surface area contributed by atoms with Gasteiger partial charge in [0.15, 0.2) is 0 Å². The van der Waals surface area contributed by atoms with Gasteiger partial charge in [-0.15, -0.1) is 0 Å². The first-order valence-corrected chi connectivity index (χ1v) is 6.11. The van der Waals surface area contributed by atoms with E-state index in [0.717, 1.165) is 25.5 Å². The van der Waals surface area contributed by atoms with E-state index in [4.69, 9.17) is 11.6 Å². The molecule has 4 heteroatoms. The minimum atomic E-state index is 0.525. The Hall–Kier alpha value is -0.800. The van der Waals surface area contributed by atoms with Crippen molar-refractivity contribution in [3.63, 3.8) is 0 Å². The molecule has 0 saturated carbocycles. The molecule has 1 rings (SSSR count). The van der Waals surface area contributed by atoms with E-state index in [1.807, 2.05) is 12.1 Å². The van der Waals surface area contributed by atoms with E-state index in [0.29, 0.717) is 11.1 Å². The van der Waals surface area contributed by atoms with Crippen molar-refractivity contribution in [2.45, 2.75) is 26.8 Å². The van der Waals surface area contributed by atoms with E-state index in [9.17, 15) is 0 Å². The van der Waals surface area contributed by atoms with Gasteiger partial charge in [-0.1, -0.05) is 25.4 Å².